The Hall–Kier alpha value is -2.17. The van der Waals surface area contributed by atoms with Crippen LogP contribution in [-0.4, -0.2) is 26.0 Å². The average molecular weight is 189 g/mol. The maximum Gasteiger partial charge on any atom is 0.373 e. The van der Waals surface area contributed by atoms with Gasteiger partial charge >= 0.3 is 5.97 Å². The van der Waals surface area contributed by atoms with Crippen molar-refractivity contribution in [3.8, 4) is 11.4 Å². The molecule has 2 aromatic rings. The largest absolute Gasteiger partial charge is 0.475 e. The molecule has 2 heterocycles. The van der Waals surface area contributed by atoms with Crippen LogP contribution in [0, 0.1) is 0 Å². The molecule has 2 aromatic heterocycles. The Morgan fingerprint density at radius 3 is 2.93 bits per heavy atom. The minimum Gasteiger partial charge on any atom is -0.475 e. The number of carbonyl (C=O) groups is 1. The molecule has 0 spiro atoms. The van der Waals surface area contributed by atoms with Crippen molar-refractivity contribution in [1.82, 2.24) is 15.0 Å². The van der Waals surface area contributed by atoms with E-state index in [0.29, 0.717) is 5.69 Å². The van der Waals surface area contributed by atoms with Gasteiger partial charge in [0.1, 0.15) is 0 Å². The third kappa shape index (κ3) is 1.47. The van der Waals surface area contributed by atoms with Crippen molar-refractivity contribution < 1.29 is 9.90 Å². The van der Waals surface area contributed by atoms with Crippen LogP contribution in [0.25, 0.3) is 11.4 Å². The third-order valence-electron chi connectivity index (χ3n) is 1.72. The SMILES string of the molecule is O=C(O)c1nccc(-c2ccc[nH]2)n1. The van der Waals surface area contributed by atoms with E-state index >= 15 is 0 Å². The highest BCUT2D eigenvalue weighted by atomic mass is 16.4. The van der Waals surface area contributed by atoms with Gasteiger partial charge in [-0.05, 0) is 18.2 Å². The van der Waals surface area contributed by atoms with Gasteiger partial charge in [0.05, 0.1) is 11.4 Å². The summed E-state index contributed by atoms with van der Waals surface area (Å²) in [6.07, 6.45) is 3.17. The van der Waals surface area contributed by atoms with Crippen LogP contribution in [0.15, 0.2) is 30.6 Å². The second-order valence-corrected chi connectivity index (χ2v) is 2.65. The fourth-order valence-corrected chi connectivity index (χ4v) is 1.10. The van der Waals surface area contributed by atoms with Gasteiger partial charge in [0.25, 0.3) is 0 Å². The minimum absolute atomic E-state index is 0.197. The lowest BCUT2D eigenvalue weighted by atomic mass is 10.3. The van der Waals surface area contributed by atoms with Gasteiger partial charge < -0.3 is 10.1 Å². The van der Waals surface area contributed by atoms with Crippen molar-refractivity contribution in [3.05, 3.63) is 36.4 Å². The van der Waals surface area contributed by atoms with Crippen LogP contribution < -0.4 is 0 Å². The summed E-state index contributed by atoms with van der Waals surface area (Å²) < 4.78 is 0. The molecule has 2 rings (SSSR count). The van der Waals surface area contributed by atoms with Crippen molar-refractivity contribution in [2.45, 2.75) is 0 Å². The zero-order valence-corrected chi connectivity index (χ0v) is 7.14. The lowest BCUT2D eigenvalue weighted by Gasteiger charge is -1.97. The van der Waals surface area contributed by atoms with E-state index in [1.165, 1.54) is 6.20 Å². The van der Waals surface area contributed by atoms with E-state index in [2.05, 4.69) is 15.0 Å². The van der Waals surface area contributed by atoms with E-state index in [1.807, 2.05) is 12.1 Å². The molecule has 14 heavy (non-hydrogen) atoms. The van der Waals surface area contributed by atoms with E-state index in [4.69, 9.17) is 5.11 Å². The van der Waals surface area contributed by atoms with Gasteiger partial charge in [-0.1, -0.05) is 0 Å². The van der Waals surface area contributed by atoms with E-state index in [0.717, 1.165) is 5.69 Å². The first-order valence-corrected chi connectivity index (χ1v) is 3.97. The van der Waals surface area contributed by atoms with Gasteiger partial charge in [0, 0.05) is 12.4 Å². The van der Waals surface area contributed by atoms with Gasteiger partial charge in [0.2, 0.25) is 5.82 Å². The van der Waals surface area contributed by atoms with Crippen molar-refractivity contribution in [2.75, 3.05) is 0 Å². The number of rotatable bonds is 2. The topological polar surface area (TPSA) is 78.9 Å². The number of H-pyrrole nitrogens is 1. The summed E-state index contributed by atoms with van der Waals surface area (Å²) in [6, 6.07) is 5.28. The van der Waals surface area contributed by atoms with Crippen LogP contribution in [0.4, 0.5) is 0 Å². The van der Waals surface area contributed by atoms with Gasteiger partial charge in [-0.25, -0.2) is 14.8 Å². The minimum atomic E-state index is -1.13. The first-order valence-electron chi connectivity index (χ1n) is 3.97. The number of aromatic amines is 1. The van der Waals surface area contributed by atoms with Crippen molar-refractivity contribution in [3.63, 3.8) is 0 Å². The van der Waals surface area contributed by atoms with Crippen molar-refractivity contribution in [2.24, 2.45) is 0 Å². The predicted octanol–water partition coefficient (Wildman–Crippen LogP) is 1.17. The zero-order valence-electron chi connectivity index (χ0n) is 7.14. The second-order valence-electron chi connectivity index (χ2n) is 2.65. The Bertz CT molecular complexity index is 451. The maximum atomic E-state index is 10.6. The zero-order chi connectivity index (χ0) is 9.97. The molecule has 0 aromatic carbocycles. The van der Waals surface area contributed by atoms with Crippen LogP contribution in [0.3, 0.4) is 0 Å². The molecule has 0 radical (unpaired) electrons. The summed E-state index contributed by atoms with van der Waals surface area (Å²) in [5, 5.41) is 8.67. The first-order chi connectivity index (χ1) is 6.77. The van der Waals surface area contributed by atoms with Crippen LogP contribution in [0.2, 0.25) is 0 Å². The molecular weight excluding hydrogens is 182 g/mol. The van der Waals surface area contributed by atoms with Gasteiger partial charge in [-0.15, -0.1) is 0 Å². The van der Waals surface area contributed by atoms with E-state index in [1.54, 1.807) is 12.3 Å². The van der Waals surface area contributed by atoms with E-state index < -0.39 is 5.97 Å². The van der Waals surface area contributed by atoms with Gasteiger partial charge in [0.15, 0.2) is 0 Å². The Morgan fingerprint density at radius 1 is 1.43 bits per heavy atom. The van der Waals surface area contributed by atoms with E-state index in [-0.39, 0.29) is 5.82 Å². The number of nitrogens with one attached hydrogen (secondary N) is 1. The fourth-order valence-electron chi connectivity index (χ4n) is 1.10. The number of aromatic nitrogens is 3. The van der Waals surface area contributed by atoms with E-state index in [9.17, 15) is 4.79 Å². The molecule has 0 saturated heterocycles. The molecule has 0 aliphatic heterocycles. The molecule has 2 N–H and O–H groups in total. The molecule has 0 amide bonds. The summed E-state index contributed by atoms with van der Waals surface area (Å²) in [5.74, 6) is -1.32. The highest BCUT2D eigenvalue weighted by Gasteiger charge is 2.07. The molecule has 0 aliphatic rings. The molecule has 5 heteroatoms. The number of hydrogen-bond donors (Lipinski definition) is 2. The third-order valence-corrected chi connectivity index (χ3v) is 1.72. The molecule has 0 saturated carbocycles. The number of hydrogen-bond acceptors (Lipinski definition) is 3. The first kappa shape index (κ1) is 8.43. The van der Waals surface area contributed by atoms with Gasteiger partial charge in [-0.3, -0.25) is 0 Å². The predicted molar refractivity (Wildman–Crippen MR) is 48.8 cm³/mol. The lowest BCUT2D eigenvalue weighted by Crippen LogP contribution is -2.04. The summed E-state index contributed by atoms with van der Waals surface area (Å²) in [5.41, 5.74) is 1.34. The van der Waals surface area contributed by atoms with Crippen LogP contribution in [0.1, 0.15) is 10.6 Å². The maximum absolute atomic E-state index is 10.6. The summed E-state index contributed by atoms with van der Waals surface area (Å²) in [6.45, 7) is 0. The van der Waals surface area contributed by atoms with Crippen molar-refractivity contribution >= 4 is 5.97 Å². The number of aromatic carboxylic acids is 1. The Morgan fingerprint density at radius 2 is 2.29 bits per heavy atom. The lowest BCUT2D eigenvalue weighted by molar-refractivity contribution is 0.0683. The average Bonchev–Trinajstić information content (AvgIpc) is 2.71. The highest BCUT2D eigenvalue weighted by molar-refractivity contribution is 5.83. The molecule has 0 fully saturated rings. The molecule has 0 unspecified atom stereocenters. The van der Waals surface area contributed by atoms with Gasteiger partial charge in [-0.2, -0.15) is 0 Å². The highest BCUT2D eigenvalue weighted by Crippen LogP contribution is 2.12. The van der Waals surface area contributed by atoms with Crippen molar-refractivity contribution in [1.29, 1.82) is 0 Å². The molecule has 0 bridgehead atoms. The number of carboxylic acid groups (broad SMARTS) is 1. The smallest absolute Gasteiger partial charge is 0.373 e. The summed E-state index contributed by atoms with van der Waals surface area (Å²) in [4.78, 5) is 21.0. The Kier molecular flexibility index (Phi) is 1.98. The molecule has 70 valence electrons. The standard InChI is InChI=1S/C9H7N3O2/c13-9(14)8-11-5-3-7(12-8)6-2-1-4-10-6/h1-5,10H,(H,13,14). The molecule has 0 aliphatic carbocycles. The molecule has 0 atom stereocenters. The molecule has 5 nitrogen and oxygen atoms in total. The Balaban J connectivity index is 2.46. The summed E-state index contributed by atoms with van der Waals surface area (Å²) in [7, 11) is 0. The normalized spacial score (nSPS) is 10.0. The second kappa shape index (κ2) is 3.29. The van der Waals surface area contributed by atoms with Crippen LogP contribution in [-0.2, 0) is 0 Å². The number of carboxylic acids is 1. The number of nitrogens with zero attached hydrogens (tertiary/aromatic N) is 2. The Labute approximate surface area is 79.5 Å². The van der Waals surface area contributed by atoms with Crippen LogP contribution in [0.5, 0.6) is 0 Å². The van der Waals surface area contributed by atoms with Crippen LogP contribution >= 0.6 is 0 Å². The fraction of sp³-hybridized carbons (Fsp3) is 0. The molecular formula is C9H7N3O2. The monoisotopic (exact) mass is 189 g/mol. The summed E-state index contributed by atoms with van der Waals surface area (Å²) >= 11 is 0. The quantitative estimate of drug-likeness (QED) is 0.743.